The van der Waals surface area contributed by atoms with E-state index < -0.39 is 0 Å². The van der Waals surface area contributed by atoms with Crippen molar-refractivity contribution in [1.82, 2.24) is 0 Å². The molecule has 0 saturated carbocycles. The van der Waals surface area contributed by atoms with Gasteiger partial charge in [0.25, 0.3) is 0 Å². The van der Waals surface area contributed by atoms with E-state index in [2.05, 4.69) is 0 Å². The summed E-state index contributed by atoms with van der Waals surface area (Å²) in [7, 11) is 0. The molecule has 0 amide bonds. The minimum atomic E-state index is 0.0350. The monoisotopic (exact) mass is 165 g/mol. The van der Waals surface area contributed by atoms with E-state index in [1.807, 2.05) is 38.1 Å². The molecule has 2 N–H and O–H groups in total. The molecule has 1 aromatic carbocycles. The summed E-state index contributed by atoms with van der Waals surface area (Å²) >= 11 is 0. The van der Waals surface area contributed by atoms with Gasteiger partial charge in [-0.3, -0.25) is 0 Å². The average Bonchev–Trinajstić information content (AvgIpc) is 2.05. The SMILES string of the molecule is CCOc1ccccc1C(C)N. The number of rotatable bonds is 3. The maximum Gasteiger partial charge on any atom is 0.124 e. The summed E-state index contributed by atoms with van der Waals surface area (Å²) in [6.07, 6.45) is 0. The van der Waals surface area contributed by atoms with Crippen LogP contribution in [0.5, 0.6) is 5.75 Å². The Morgan fingerprint density at radius 1 is 1.42 bits per heavy atom. The van der Waals surface area contributed by atoms with Crippen LogP contribution in [0.15, 0.2) is 24.3 Å². The van der Waals surface area contributed by atoms with E-state index in [9.17, 15) is 0 Å². The molecule has 0 bridgehead atoms. The molecule has 0 aliphatic heterocycles. The van der Waals surface area contributed by atoms with E-state index in [1.54, 1.807) is 0 Å². The van der Waals surface area contributed by atoms with Crippen molar-refractivity contribution in [2.75, 3.05) is 6.61 Å². The third-order valence-corrected chi connectivity index (χ3v) is 1.71. The molecule has 0 aliphatic carbocycles. The molecule has 1 aromatic rings. The molecule has 0 spiro atoms. The lowest BCUT2D eigenvalue weighted by Gasteiger charge is -2.11. The molecule has 0 fully saturated rings. The first-order chi connectivity index (χ1) is 5.75. The Labute approximate surface area is 73.3 Å². The summed E-state index contributed by atoms with van der Waals surface area (Å²) in [6, 6.07) is 7.91. The third kappa shape index (κ3) is 1.98. The molecule has 0 radical (unpaired) electrons. The van der Waals surface area contributed by atoms with E-state index in [0.29, 0.717) is 6.61 Å². The molecule has 1 atom stereocenters. The van der Waals surface area contributed by atoms with Crippen molar-refractivity contribution in [2.24, 2.45) is 5.73 Å². The zero-order valence-electron chi connectivity index (χ0n) is 7.58. The first kappa shape index (κ1) is 9.07. The molecule has 0 aromatic heterocycles. The van der Waals surface area contributed by atoms with Crippen LogP contribution in [0.25, 0.3) is 0 Å². The molecule has 12 heavy (non-hydrogen) atoms. The first-order valence-electron chi connectivity index (χ1n) is 4.23. The average molecular weight is 165 g/mol. The van der Waals surface area contributed by atoms with Gasteiger partial charge in [0, 0.05) is 11.6 Å². The number of hydrogen-bond donors (Lipinski definition) is 1. The van der Waals surface area contributed by atoms with Crippen LogP contribution < -0.4 is 10.5 Å². The molecule has 1 unspecified atom stereocenters. The smallest absolute Gasteiger partial charge is 0.124 e. The Morgan fingerprint density at radius 3 is 2.67 bits per heavy atom. The number of ether oxygens (including phenoxy) is 1. The van der Waals surface area contributed by atoms with Gasteiger partial charge in [-0.05, 0) is 19.9 Å². The fourth-order valence-electron chi connectivity index (χ4n) is 1.14. The molecule has 2 heteroatoms. The van der Waals surface area contributed by atoms with Gasteiger partial charge in [-0.2, -0.15) is 0 Å². The van der Waals surface area contributed by atoms with Crippen LogP contribution in [0.3, 0.4) is 0 Å². The molecule has 0 saturated heterocycles. The van der Waals surface area contributed by atoms with Crippen LogP contribution in [-0.4, -0.2) is 6.61 Å². The standard InChI is InChI=1S/C10H15NO/c1-3-12-10-7-5-4-6-9(10)8(2)11/h4-8H,3,11H2,1-2H3. The Balaban J connectivity index is 2.92. The highest BCUT2D eigenvalue weighted by Gasteiger charge is 2.05. The van der Waals surface area contributed by atoms with Crippen LogP contribution in [-0.2, 0) is 0 Å². The number of hydrogen-bond acceptors (Lipinski definition) is 2. The van der Waals surface area contributed by atoms with Gasteiger partial charge in [-0.25, -0.2) is 0 Å². The quantitative estimate of drug-likeness (QED) is 0.744. The van der Waals surface area contributed by atoms with E-state index >= 15 is 0 Å². The topological polar surface area (TPSA) is 35.2 Å². The maximum absolute atomic E-state index is 5.76. The lowest BCUT2D eigenvalue weighted by atomic mass is 10.1. The number of nitrogens with two attached hydrogens (primary N) is 1. The highest BCUT2D eigenvalue weighted by atomic mass is 16.5. The highest BCUT2D eigenvalue weighted by molar-refractivity contribution is 5.35. The minimum Gasteiger partial charge on any atom is -0.494 e. The Bertz CT molecular complexity index is 245. The van der Waals surface area contributed by atoms with E-state index in [0.717, 1.165) is 11.3 Å². The second kappa shape index (κ2) is 4.12. The number of benzene rings is 1. The van der Waals surface area contributed by atoms with Gasteiger partial charge in [-0.1, -0.05) is 18.2 Å². The van der Waals surface area contributed by atoms with Gasteiger partial charge in [0.1, 0.15) is 5.75 Å². The van der Waals surface area contributed by atoms with Crippen LogP contribution >= 0.6 is 0 Å². The van der Waals surface area contributed by atoms with Gasteiger partial charge in [0.05, 0.1) is 6.61 Å². The van der Waals surface area contributed by atoms with Crippen molar-refractivity contribution < 1.29 is 4.74 Å². The minimum absolute atomic E-state index is 0.0350. The lowest BCUT2D eigenvalue weighted by molar-refractivity contribution is 0.335. The predicted octanol–water partition coefficient (Wildman–Crippen LogP) is 2.10. The maximum atomic E-state index is 5.76. The predicted molar refractivity (Wildman–Crippen MR) is 50.2 cm³/mol. The normalized spacial score (nSPS) is 12.6. The van der Waals surface area contributed by atoms with Crippen LogP contribution in [0, 0.1) is 0 Å². The van der Waals surface area contributed by atoms with Gasteiger partial charge < -0.3 is 10.5 Å². The van der Waals surface area contributed by atoms with Crippen molar-refractivity contribution in [2.45, 2.75) is 19.9 Å². The molecular weight excluding hydrogens is 150 g/mol. The molecule has 66 valence electrons. The first-order valence-corrected chi connectivity index (χ1v) is 4.23. The van der Waals surface area contributed by atoms with E-state index in [1.165, 1.54) is 0 Å². The third-order valence-electron chi connectivity index (χ3n) is 1.71. The van der Waals surface area contributed by atoms with Gasteiger partial charge >= 0.3 is 0 Å². The van der Waals surface area contributed by atoms with Crippen LogP contribution in [0.1, 0.15) is 25.5 Å². The van der Waals surface area contributed by atoms with Crippen molar-refractivity contribution in [1.29, 1.82) is 0 Å². The molecule has 0 heterocycles. The summed E-state index contributed by atoms with van der Waals surface area (Å²) in [5, 5.41) is 0. The molecule has 2 nitrogen and oxygen atoms in total. The zero-order valence-corrected chi connectivity index (χ0v) is 7.58. The summed E-state index contributed by atoms with van der Waals surface area (Å²) in [5.41, 5.74) is 6.83. The Kier molecular flexibility index (Phi) is 3.11. The Morgan fingerprint density at radius 2 is 2.08 bits per heavy atom. The van der Waals surface area contributed by atoms with Gasteiger partial charge in [0.2, 0.25) is 0 Å². The summed E-state index contributed by atoms with van der Waals surface area (Å²) < 4.78 is 5.42. The van der Waals surface area contributed by atoms with Crippen molar-refractivity contribution in [3.63, 3.8) is 0 Å². The van der Waals surface area contributed by atoms with Crippen LogP contribution in [0.4, 0.5) is 0 Å². The van der Waals surface area contributed by atoms with Gasteiger partial charge in [0.15, 0.2) is 0 Å². The molecular formula is C10H15NO. The van der Waals surface area contributed by atoms with Crippen molar-refractivity contribution >= 4 is 0 Å². The van der Waals surface area contributed by atoms with Crippen LogP contribution in [0.2, 0.25) is 0 Å². The van der Waals surface area contributed by atoms with Crippen molar-refractivity contribution in [3.8, 4) is 5.75 Å². The second-order valence-corrected chi connectivity index (χ2v) is 2.76. The van der Waals surface area contributed by atoms with Crippen molar-refractivity contribution in [3.05, 3.63) is 29.8 Å². The highest BCUT2D eigenvalue weighted by Crippen LogP contribution is 2.22. The molecule has 1 rings (SSSR count). The van der Waals surface area contributed by atoms with E-state index in [4.69, 9.17) is 10.5 Å². The zero-order chi connectivity index (χ0) is 8.97. The largest absolute Gasteiger partial charge is 0.494 e. The number of para-hydroxylation sites is 1. The summed E-state index contributed by atoms with van der Waals surface area (Å²) in [5.74, 6) is 0.898. The Hall–Kier alpha value is -1.02. The lowest BCUT2D eigenvalue weighted by Crippen LogP contribution is -2.07. The fraction of sp³-hybridized carbons (Fsp3) is 0.400. The summed E-state index contributed by atoms with van der Waals surface area (Å²) in [6.45, 7) is 4.61. The summed E-state index contributed by atoms with van der Waals surface area (Å²) in [4.78, 5) is 0. The fourth-order valence-corrected chi connectivity index (χ4v) is 1.14. The molecule has 0 aliphatic rings. The van der Waals surface area contributed by atoms with E-state index in [-0.39, 0.29) is 6.04 Å². The van der Waals surface area contributed by atoms with Gasteiger partial charge in [-0.15, -0.1) is 0 Å². The second-order valence-electron chi connectivity index (χ2n) is 2.76.